The monoisotopic (exact) mass is 317 g/mol. The predicted molar refractivity (Wildman–Crippen MR) is 79.5 cm³/mol. The molecule has 2 rings (SSSR count). The van der Waals surface area contributed by atoms with E-state index < -0.39 is 15.6 Å². The molecule has 0 amide bonds. The minimum atomic E-state index is -3.59. The Morgan fingerprint density at radius 3 is 2.30 bits per heavy atom. The van der Waals surface area contributed by atoms with Crippen LogP contribution in [0.15, 0.2) is 29.2 Å². The molecule has 1 aliphatic rings. The van der Waals surface area contributed by atoms with Crippen LogP contribution in [0.25, 0.3) is 0 Å². The van der Waals surface area contributed by atoms with E-state index >= 15 is 0 Å². The lowest BCUT2D eigenvalue weighted by atomic mass is 10.0. The molecule has 0 aliphatic heterocycles. The Labute approximate surface area is 125 Å². The molecule has 0 heterocycles. The fourth-order valence-electron chi connectivity index (χ4n) is 2.63. The van der Waals surface area contributed by atoms with Gasteiger partial charge in [-0.15, -0.1) is 11.6 Å². The zero-order valence-corrected chi connectivity index (χ0v) is 12.9. The zero-order valence-electron chi connectivity index (χ0n) is 11.3. The van der Waals surface area contributed by atoms with E-state index in [1.165, 1.54) is 0 Å². The van der Waals surface area contributed by atoms with Gasteiger partial charge < -0.3 is 5.11 Å². The molecule has 112 valence electrons. The average molecular weight is 318 g/mol. The molecule has 0 saturated heterocycles. The summed E-state index contributed by atoms with van der Waals surface area (Å²) in [5.41, 5.74) is 0.324. The summed E-state index contributed by atoms with van der Waals surface area (Å²) in [6.45, 7) is -0.156. The Kier molecular flexibility index (Phi) is 5.07. The van der Waals surface area contributed by atoms with E-state index in [0.717, 1.165) is 24.8 Å². The maximum atomic E-state index is 12.4. The number of aliphatic hydroxyl groups is 1. The van der Waals surface area contributed by atoms with Gasteiger partial charge in [-0.1, -0.05) is 25.0 Å². The normalized spacial score (nSPS) is 18.3. The molecular weight excluding hydrogens is 298 g/mol. The molecule has 1 aromatic carbocycles. The number of halogens is 1. The van der Waals surface area contributed by atoms with Gasteiger partial charge in [0, 0.05) is 5.88 Å². The maximum absolute atomic E-state index is 12.4. The Bertz CT molecular complexity index is 536. The van der Waals surface area contributed by atoms with Crippen LogP contribution in [0.5, 0.6) is 0 Å². The van der Waals surface area contributed by atoms with Crippen molar-refractivity contribution in [3.8, 4) is 0 Å². The van der Waals surface area contributed by atoms with Crippen molar-refractivity contribution in [2.45, 2.75) is 42.5 Å². The predicted octanol–water partition coefficient (Wildman–Crippen LogP) is 2.05. The Balaban J connectivity index is 2.17. The number of sulfonamides is 1. The molecule has 1 aromatic rings. The number of hydrogen-bond donors (Lipinski definition) is 2. The van der Waals surface area contributed by atoms with Crippen molar-refractivity contribution in [2.75, 3.05) is 12.5 Å². The molecule has 0 unspecified atom stereocenters. The smallest absolute Gasteiger partial charge is 0.241 e. The van der Waals surface area contributed by atoms with E-state index in [4.69, 9.17) is 11.6 Å². The molecule has 0 spiro atoms. The fraction of sp³-hybridized carbons (Fsp3) is 0.571. The number of aryl methyl sites for hydroxylation is 1. The van der Waals surface area contributed by atoms with Crippen molar-refractivity contribution < 1.29 is 13.5 Å². The summed E-state index contributed by atoms with van der Waals surface area (Å²) in [5, 5.41) is 9.50. The number of nitrogens with one attached hydrogen (secondary N) is 1. The lowest BCUT2D eigenvalue weighted by Gasteiger charge is -2.27. The van der Waals surface area contributed by atoms with Gasteiger partial charge in [0.2, 0.25) is 10.0 Å². The van der Waals surface area contributed by atoms with Crippen molar-refractivity contribution in [3.05, 3.63) is 29.8 Å². The van der Waals surface area contributed by atoms with Crippen LogP contribution >= 0.6 is 11.6 Å². The minimum Gasteiger partial charge on any atom is -0.394 e. The number of benzene rings is 1. The first kappa shape index (κ1) is 15.8. The van der Waals surface area contributed by atoms with Gasteiger partial charge in [-0.3, -0.25) is 0 Å². The summed E-state index contributed by atoms with van der Waals surface area (Å²) in [7, 11) is -3.59. The third kappa shape index (κ3) is 3.52. The van der Waals surface area contributed by atoms with Gasteiger partial charge in [0.1, 0.15) is 0 Å². The molecule has 4 nitrogen and oxygen atoms in total. The second-order valence-corrected chi connectivity index (χ2v) is 7.39. The molecule has 0 atom stereocenters. The van der Waals surface area contributed by atoms with Gasteiger partial charge in [-0.25, -0.2) is 13.1 Å². The minimum absolute atomic E-state index is 0.156. The summed E-state index contributed by atoms with van der Waals surface area (Å²) in [4.78, 5) is 0.232. The topological polar surface area (TPSA) is 66.4 Å². The second-order valence-electron chi connectivity index (χ2n) is 5.33. The van der Waals surface area contributed by atoms with Crippen molar-refractivity contribution in [1.29, 1.82) is 0 Å². The third-order valence-electron chi connectivity index (χ3n) is 3.83. The Morgan fingerprint density at radius 1 is 1.20 bits per heavy atom. The molecule has 20 heavy (non-hydrogen) atoms. The van der Waals surface area contributed by atoms with E-state index in [2.05, 4.69) is 4.72 Å². The van der Waals surface area contributed by atoms with Crippen LogP contribution in [0.2, 0.25) is 0 Å². The van der Waals surface area contributed by atoms with E-state index in [0.29, 0.717) is 18.7 Å². The standard InChI is InChI=1S/C14H20ClNO3S/c15-10-7-12-3-5-13(6-4-12)20(18,19)16-14(11-17)8-1-2-9-14/h3-6,16-17H,1-2,7-11H2. The molecule has 1 aliphatic carbocycles. The maximum Gasteiger partial charge on any atom is 0.241 e. The average Bonchev–Trinajstić information content (AvgIpc) is 2.88. The quantitative estimate of drug-likeness (QED) is 0.789. The first-order valence-corrected chi connectivity index (χ1v) is 8.83. The highest BCUT2D eigenvalue weighted by atomic mass is 35.5. The van der Waals surface area contributed by atoms with E-state index in [1.807, 2.05) is 0 Å². The lowest BCUT2D eigenvalue weighted by Crippen LogP contribution is -2.49. The van der Waals surface area contributed by atoms with Crippen LogP contribution in [-0.4, -0.2) is 31.6 Å². The van der Waals surface area contributed by atoms with Crippen LogP contribution in [0.1, 0.15) is 31.2 Å². The van der Waals surface area contributed by atoms with Gasteiger partial charge >= 0.3 is 0 Å². The summed E-state index contributed by atoms with van der Waals surface area (Å²) in [5.74, 6) is 0.512. The van der Waals surface area contributed by atoms with Crippen LogP contribution < -0.4 is 4.72 Å². The van der Waals surface area contributed by atoms with E-state index in [9.17, 15) is 13.5 Å². The number of hydrogen-bond acceptors (Lipinski definition) is 3. The van der Waals surface area contributed by atoms with Gasteiger partial charge in [0.15, 0.2) is 0 Å². The first-order chi connectivity index (χ1) is 9.51. The molecular formula is C14H20ClNO3S. The van der Waals surface area contributed by atoms with Gasteiger partial charge in [-0.05, 0) is 37.0 Å². The molecule has 2 N–H and O–H groups in total. The largest absolute Gasteiger partial charge is 0.394 e. The van der Waals surface area contributed by atoms with Crippen LogP contribution in [0.3, 0.4) is 0 Å². The second kappa shape index (κ2) is 6.43. The lowest BCUT2D eigenvalue weighted by molar-refractivity contribution is 0.185. The molecule has 1 saturated carbocycles. The van der Waals surface area contributed by atoms with Crippen LogP contribution in [0, 0.1) is 0 Å². The molecule has 0 bridgehead atoms. The van der Waals surface area contributed by atoms with Crippen molar-refractivity contribution >= 4 is 21.6 Å². The van der Waals surface area contributed by atoms with E-state index in [-0.39, 0.29) is 11.5 Å². The number of rotatable bonds is 6. The molecule has 0 aromatic heterocycles. The Morgan fingerprint density at radius 2 is 1.80 bits per heavy atom. The molecule has 6 heteroatoms. The summed E-state index contributed by atoms with van der Waals surface area (Å²) in [6.07, 6.45) is 3.98. The van der Waals surface area contributed by atoms with Crippen molar-refractivity contribution in [1.82, 2.24) is 4.72 Å². The van der Waals surface area contributed by atoms with Crippen molar-refractivity contribution in [2.24, 2.45) is 0 Å². The Hall–Kier alpha value is -0.620. The molecule has 0 radical (unpaired) electrons. The summed E-state index contributed by atoms with van der Waals surface area (Å²) < 4.78 is 27.4. The van der Waals surface area contributed by atoms with E-state index in [1.54, 1.807) is 24.3 Å². The first-order valence-electron chi connectivity index (χ1n) is 6.81. The third-order valence-corrected chi connectivity index (χ3v) is 5.61. The van der Waals surface area contributed by atoms with Crippen LogP contribution in [0.4, 0.5) is 0 Å². The van der Waals surface area contributed by atoms with Gasteiger partial charge in [-0.2, -0.15) is 0 Å². The highest BCUT2D eigenvalue weighted by molar-refractivity contribution is 7.89. The number of alkyl halides is 1. The van der Waals surface area contributed by atoms with Gasteiger partial charge in [0.05, 0.1) is 17.0 Å². The summed E-state index contributed by atoms with van der Waals surface area (Å²) >= 11 is 5.66. The fourth-order valence-corrected chi connectivity index (χ4v) is 4.30. The zero-order chi connectivity index (χ0) is 14.6. The van der Waals surface area contributed by atoms with Gasteiger partial charge in [0.25, 0.3) is 0 Å². The highest BCUT2D eigenvalue weighted by Crippen LogP contribution is 2.30. The van der Waals surface area contributed by atoms with Crippen LogP contribution in [-0.2, 0) is 16.4 Å². The highest BCUT2D eigenvalue weighted by Gasteiger charge is 2.37. The number of aliphatic hydroxyl groups excluding tert-OH is 1. The van der Waals surface area contributed by atoms with Crippen molar-refractivity contribution in [3.63, 3.8) is 0 Å². The SMILES string of the molecule is O=S(=O)(NC1(CO)CCCC1)c1ccc(CCCl)cc1. The molecule has 1 fully saturated rings. The summed E-state index contributed by atoms with van der Waals surface area (Å²) in [6, 6.07) is 6.73.